The fourth-order valence-electron chi connectivity index (χ4n) is 3.86. The van der Waals surface area contributed by atoms with Crippen molar-refractivity contribution in [3.63, 3.8) is 0 Å². The van der Waals surface area contributed by atoms with Crippen molar-refractivity contribution in [3.8, 4) is 11.5 Å². The highest BCUT2D eigenvalue weighted by atomic mass is 16.5. The Morgan fingerprint density at radius 3 is 2.10 bits per heavy atom. The maximum Gasteiger partial charge on any atom is 0.241 e. The third-order valence-corrected chi connectivity index (χ3v) is 5.77. The molecule has 2 heterocycles. The molecule has 0 spiro atoms. The number of carbonyl (C=O) groups excluding carboxylic acids is 2. The summed E-state index contributed by atoms with van der Waals surface area (Å²) in [6, 6.07) is 5.05. The summed E-state index contributed by atoms with van der Waals surface area (Å²) < 4.78 is 10.5. The third-order valence-electron chi connectivity index (χ3n) is 5.77. The molecule has 2 aliphatic rings. The van der Waals surface area contributed by atoms with E-state index in [0.717, 1.165) is 52.1 Å². The SMILES string of the molecule is COc1cc(NC(=O)C(C)N2CCN(CC(=O)N3CCCC3)CC2)cc(OC)c1. The van der Waals surface area contributed by atoms with E-state index in [0.29, 0.717) is 23.7 Å². The Balaban J connectivity index is 1.49. The largest absolute Gasteiger partial charge is 0.497 e. The van der Waals surface area contributed by atoms with Gasteiger partial charge in [0.05, 0.1) is 26.8 Å². The fourth-order valence-corrected chi connectivity index (χ4v) is 3.86. The number of nitrogens with zero attached hydrogens (tertiary/aromatic N) is 3. The summed E-state index contributed by atoms with van der Waals surface area (Å²) in [7, 11) is 3.16. The molecule has 2 aliphatic heterocycles. The average Bonchev–Trinajstić information content (AvgIpc) is 3.28. The number of likely N-dealkylation sites (tertiary alicyclic amines) is 1. The van der Waals surface area contributed by atoms with Crippen molar-refractivity contribution in [2.24, 2.45) is 0 Å². The number of methoxy groups -OCH3 is 2. The van der Waals surface area contributed by atoms with E-state index in [2.05, 4.69) is 15.1 Å². The van der Waals surface area contributed by atoms with Crippen LogP contribution < -0.4 is 14.8 Å². The summed E-state index contributed by atoms with van der Waals surface area (Å²) in [5.74, 6) is 1.42. The van der Waals surface area contributed by atoms with Crippen molar-refractivity contribution < 1.29 is 19.1 Å². The van der Waals surface area contributed by atoms with Crippen LogP contribution in [0.1, 0.15) is 19.8 Å². The van der Waals surface area contributed by atoms with Gasteiger partial charge in [-0.15, -0.1) is 0 Å². The molecule has 2 fully saturated rings. The molecule has 1 N–H and O–H groups in total. The molecule has 160 valence electrons. The van der Waals surface area contributed by atoms with Gasteiger partial charge >= 0.3 is 0 Å². The van der Waals surface area contributed by atoms with E-state index in [1.165, 1.54) is 0 Å². The van der Waals surface area contributed by atoms with E-state index in [4.69, 9.17) is 9.47 Å². The predicted molar refractivity (Wildman–Crippen MR) is 111 cm³/mol. The summed E-state index contributed by atoms with van der Waals surface area (Å²) in [6.07, 6.45) is 2.23. The van der Waals surface area contributed by atoms with E-state index in [-0.39, 0.29) is 17.9 Å². The maximum absolute atomic E-state index is 12.7. The molecule has 2 amide bonds. The van der Waals surface area contributed by atoms with Gasteiger partial charge in [0.25, 0.3) is 0 Å². The molecule has 1 aromatic carbocycles. The van der Waals surface area contributed by atoms with Gasteiger partial charge < -0.3 is 19.7 Å². The quantitative estimate of drug-likeness (QED) is 0.738. The number of anilines is 1. The third kappa shape index (κ3) is 5.61. The Labute approximate surface area is 172 Å². The molecule has 3 rings (SSSR count). The number of hydrogen-bond acceptors (Lipinski definition) is 6. The summed E-state index contributed by atoms with van der Waals surface area (Å²) in [5, 5.41) is 2.95. The summed E-state index contributed by atoms with van der Waals surface area (Å²) in [6.45, 7) is 7.31. The van der Waals surface area contributed by atoms with Crippen molar-refractivity contribution in [2.45, 2.75) is 25.8 Å². The van der Waals surface area contributed by atoms with E-state index in [1.807, 2.05) is 11.8 Å². The zero-order valence-corrected chi connectivity index (χ0v) is 17.6. The van der Waals surface area contributed by atoms with Crippen LogP contribution in [0, 0.1) is 0 Å². The van der Waals surface area contributed by atoms with E-state index < -0.39 is 0 Å². The second kappa shape index (κ2) is 9.93. The molecule has 0 aliphatic carbocycles. The van der Waals surface area contributed by atoms with Gasteiger partial charge in [-0.3, -0.25) is 19.4 Å². The smallest absolute Gasteiger partial charge is 0.241 e. The number of ether oxygens (including phenoxy) is 2. The molecule has 0 radical (unpaired) electrons. The Morgan fingerprint density at radius 1 is 0.966 bits per heavy atom. The first-order chi connectivity index (χ1) is 14.0. The maximum atomic E-state index is 12.7. The topological polar surface area (TPSA) is 74.4 Å². The number of piperazine rings is 1. The van der Waals surface area contributed by atoms with Crippen LogP contribution in [0.2, 0.25) is 0 Å². The van der Waals surface area contributed by atoms with E-state index in [9.17, 15) is 9.59 Å². The van der Waals surface area contributed by atoms with Crippen LogP contribution in [0.3, 0.4) is 0 Å². The lowest BCUT2D eigenvalue weighted by atomic mass is 10.2. The highest BCUT2D eigenvalue weighted by molar-refractivity contribution is 5.95. The monoisotopic (exact) mass is 404 g/mol. The van der Waals surface area contributed by atoms with Crippen LogP contribution >= 0.6 is 0 Å². The predicted octanol–water partition coefficient (Wildman–Crippen LogP) is 1.27. The van der Waals surface area contributed by atoms with Crippen LogP contribution in [-0.4, -0.2) is 92.6 Å². The minimum absolute atomic E-state index is 0.0677. The highest BCUT2D eigenvalue weighted by Gasteiger charge is 2.28. The van der Waals surface area contributed by atoms with Crippen LogP contribution in [0.25, 0.3) is 0 Å². The lowest BCUT2D eigenvalue weighted by molar-refractivity contribution is -0.132. The van der Waals surface area contributed by atoms with Gasteiger partial charge in [-0.05, 0) is 19.8 Å². The zero-order valence-electron chi connectivity index (χ0n) is 17.6. The molecule has 1 unspecified atom stereocenters. The summed E-state index contributed by atoms with van der Waals surface area (Å²) in [5.41, 5.74) is 0.646. The second-order valence-corrected chi connectivity index (χ2v) is 7.67. The number of amides is 2. The number of hydrogen-bond donors (Lipinski definition) is 1. The minimum Gasteiger partial charge on any atom is -0.497 e. The van der Waals surface area contributed by atoms with Crippen molar-refractivity contribution >= 4 is 17.5 Å². The van der Waals surface area contributed by atoms with Gasteiger partial charge in [0.15, 0.2) is 0 Å². The van der Waals surface area contributed by atoms with Gasteiger partial charge in [-0.1, -0.05) is 0 Å². The molecule has 8 heteroatoms. The van der Waals surface area contributed by atoms with Gasteiger partial charge in [0.2, 0.25) is 11.8 Å². The molecule has 1 aromatic rings. The van der Waals surface area contributed by atoms with Crippen LogP contribution in [0.5, 0.6) is 11.5 Å². The molecular weight excluding hydrogens is 372 g/mol. The van der Waals surface area contributed by atoms with Crippen molar-refractivity contribution in [1.29, 1.82) is 0 Å². The first-order valence-corrected chi connectivity index (χ1v) is 10.3. The molecule has 0 bridgehead atoms. The normalized spacial score (nSPS) is 19.1. The first kappa shape index (κ1) is 21.4. The van der Waals surface area contributed by atoms with E-state index >= 15 is 0 Å². The Kier molecular flexibility index (Phi) is 7.33. The van der Waals surface area contributed by atoms with E-state index in [1.54, 1.807) is 32.4 Å². The summed E-state index contributed by atoms with van der Waals surface area (Å²) in [4.78, 5) is 31.4. The van der Waals surface area contributed by atoms with Crippen molar-refractivity contribution in [2.75, 3.05) is 65.3 Å². The molecule has 8 nitrogen and oxygen atoms in total. The Hall–Kier alpha value is -2.32. The number of carbonyl (C=O) groups is 2. The van der Waals surface area contributed by atoms with Crippen molar-refractivity contribution in [1.82, 2.24) is 14.7 Å². The van der Waals surface area contributed by atoms with Gasteiger partial charge in [0.1, 0.15) is 11.5 Å². The Morgan fingerprint density at radius 2 is 1.55 bits per heavy atom. The number of benzene rings is 1. The molecular formula is C21H32N4O4. The zero-order chi connectivity index (χ0) is 20.8. The first-order valence-electron chi connectivity index (χ1n) is 10.3. The number of rotatable bonds is 7. The molecule has 29 heavy (non-hydrogen) atoms. The van der Waals surface area contributed by atoms with Crippen LogP contribution in [0.4, 0.5) is 5.69 Å². The lowest BCUT2D eigenvalue weighted by Crippen LogP contribution is -2.54. The minimum atomic E-state index is -0.261. The van der Waals surface area contributed by atoms with Gasteiger partial charge in [-0.25, -0.2) is 0 Å². The second-order valence-electron chi connectivity index (χ2n) is 7.67. The molecule has 0 saturated carbocycles. The van der Waals surface area contributed by atoms with Crippen LogP contribution in [-0.2, 0) is 9.59 Å². The Bertz CT molecular complexity index is 690. The van der Waals surface area contributed by atoms with Gasteiger partial charge in [-0.2, -0.15) is 0 Å². The average molecular weight is 405 g/mol. The van der Waals surface area contributed by atoms with Crippen molar-refractivity contribution in [3.05, 3.63) is 18.2 Å². The lowest BCUT2D eigenvalue weighted by Gasteiger charge is -2.37. The standard InChI is InChI=1S/C21H32N4O4/c1-16(21(27)22-17-12-18(28-2)14-19(13-17)29-3)24-10-8-23(9-11-24)15-20(26)25-6-4-5-7-25/h12-14,16H,4-11,15H2,1-3H3,(H,22,27). The summed E-state index contributed by atoms with van der Waals surface area (Å²) >= 11 is 0. The van der Waals surface area contributed by atoms with Crippen LogP contribution in [0.15, 0.2) is 18.2 Å². The number of nitrogens with one attached hydrogen (secondary N) is 1. The highest BCUT2D eigenvalue weighted by Crippen LogP contribution is 2.26. The molecule has 0 aromatic heterocycles. The molecule has 1 atom stereocenters. The molecule has 2 saturated heterocycles. The fraction of sp³-hybridized carbons (Fsp3) is 0.619. The van der Waals surface area contributed by atoms with Gasteiger partial charge in [0, 0.05) is 63.2 Å².